The van der Waals surface area contributed by atoms with Gasteiger partial charge >= 0.3 is 11.9 Å². The average Bonchev–Trinajstić information content (AvgIpc) is 3.48. The predicted molar refractivity (Wildman–Crippen MR) is 316 cm³/mol. The highest BCUT2D eigenvalue weighted by atomic mass is 79.9. The van der Waals surface area contributed by atoms with Crippen LogP contribution in [0.25, 0.3) is 21.5 Å². The zero-order valence-corrected chi connectivity index (χ0v) is 49.9. The van der Waals surface area contributed by atoms with E-state index in [0.29, 0.717) is 45.0 Å². The van der Waals surface area contributed by atoms with Crippen molar-refractivity contribution in [2.24, 2.45) is 0 Å². The molecule has 2 atom stereocenters. The Balaban J connectivity index is 0.000000227. The summed E-state index contributed by atoms with van der Waals surface area (Å²) in [4.78, 5) is 23.8. The van der Waals surface area contributed by atoms with Crippen molar-refractivity contribution in [2.75, 3.05) is 22.2 Å². The molecule has 0 aromatic heterocycles. The van der Waals surface area contributed by atoms with Gasteiger partial charge in [-0.1, -0.05) is 147 Å². The fraction of sp³-hybridized carbons (Fsp3) is 0.233. The molecule has 14 nitrogen and oxygen atoms in total. The van der Waals surface area contributed by atoms with E-state index in [9.17, 15) is 43.3 Å². The maximum absolute atomic E-state index is 14.0. The summed E-state index contributed by atoms with van der Waals surface area (Å²) in [5.74, 6) is -1.34. The monoisotopic (exact) mass is 1210 g/mol. The van der Waals surface area contributed by atoms with E-state index < -0.39 is 51.7 Å². The van der Waals surface area contributed by atoms with Crippen molar-refractivity contribution in [1.82, 2.24) is 0 Å². The van der Waals surface area contributed by atoms with Crippen LogP contribution in [0.3, 0.4) is 0 Å². The number of benzene rings is 8. The summed E-state index contributed by atoms with van der Waals surface area (Å²) in [6.45, 7) is 14.7. The number of carbonyl (C=O) groups excluding carboxylic acids is 2. The molecule has 1 N–H and O–H groups in total. The second-order valence-electron chi connectivity index (χ2n) is 18.6. The number of sulfone groups is 2. The SMILES string of the molecule is CCOC(=O)C(C)Br.CCOC(=O)C(C)N(c1ccc(CS(=O)(=O)c2ccc(C)cc2)c2ccccc12)S(=O)(=O)c1ccc(C)cc1.Cc1ccc(S(=O)(=O)Cc2ccc(NS(=O)(=O)c3ccc(C)cc3)c3ccccc23)cc1. The normalized spacial score (nSPS) is 12.5. The van der Waals surface area contributed by atoms with Crippen molar-refractivity contribution in [3.63, 3.8) is 0 Å². The summed E-state index contributed by atoms with van der Waals surface area (Å²) in [6.07, 6.45) is 0. The number of alkyl halides is 1. The van der Waals surface area contributed by atoms with Crippen molar-refractivity contribution < 1.29 is 52.7 Å². The summed E-state index contributed by atoms with van der Waals surface area (Å²) < 4.78 is 120. The van der Waals surface area contributed by atoms with Gasteiger partial charge in [-0.25, -0.2) is 38.5 Å². The second kappa shape index (κ2) is 26.4. The molecule has 0 bridgehead atoms. The summed E-state index contributed by atoms with van der Waals surface area (Å²) in [5.41, 5.74) is 5.58. The van der Waals surface area contributed by atoms with Crippen molar-refractivity contribution in [3.8, 4) is 0 Å². The molecule has 8 rings (SSSR count). The van der Waals surface area contributed by atoms with Gasteiger partial charge in [0.1, 0.15) is 10.9 Å². The van der Waals surface area contributed by atoms with Crippen molar-refractivity contribution in [1.29, 1.82) is 0 Å². The maximum atomic E-state index is 14.0. The lowest BCUT2D eigenvalue weighted by atomic mass is 10.0. The molecule has 79 heavy (non-hydrogen) atoms. The molecule has 8 aromatic rings. The number of ether oxygens (including phenoxy) is 2. The van der Waals surface area contributed by atoms with Crippen LogP contribution in [0.5, 0.6) is 0 Å². The van der Waals surface area contributed by atoms with Gasteiger partial charge in [-0.2, -0.15) is 0 Å². The molecule has 8 aromatic carbocycles. The molecular formula is C60H63BrN2O12S4. The molecule has 416 valence electrons. The van der Waals surface area contributed by atoms with Gasteiger partial charge in [0.05, 0.1) is 55.7 Å². The molecule has 0 saturated carbocycles. The van der Waals surface area contributed by atoms with Gasteiger partial charge in [0, 0.05) is 10.8 Å². The largest absolute Gasteiger partial charge is 0.465 e. The Labute approximate surface area is 472 Å². The first-order valence-corrected chi connectivity index (χ1v) is 32.2. The summed E-state index contributed by atoms with van der Waals surface area (Å²) in [7, 11) is -15.2. The highest BCUT2D eigenvalue weighted by molar-refractivity contribution is 9.10. The zero-order chi connectivity index (χ0) is 57.9. The third-order valence-corrected chi connectivity index (χ3v) is 19.5. The first kappa shape index (κ1) is 61.3. The highest BCUT2D eigenvalue weighted by Gasteiger charge is 2.36. The Morgan fingerprint density at radius 1 is 0.468 bits per heavy atom. The molecule has 0 aliphatic rings. The van der Waals surface area contributed by atoms with Gasteiger partial charge in [0.15, 0.2) is 19.7 Å². The molecule has 19 heteroatoms. The molecule has 0 amide bonds. The number of aryl methyl sites for hydroxylation is 4. The smallest absolute Gasteiger partial charge is 0.329 e. The van der Waals surface area contributed by atoms with Gasteiger partial charge in [-0.05, 0) is 138 Å². The quantitative estimate of drug-likeness (QED) is 0.0668. The number of nitrogens with one attached hydrogen (secondary N) is 1. The molecule has 2 unspecified atom stereocenters. The highest BCUT2D eigenvalue weighted by Crippen LogP contribution is 2.37. The number of nitrogens with zero attached hydrogens (tertiary/aromatic N) is 1. The number of hydrogen-bond donors (Lipinski definition) is 1. The summed E-state index contributed by atoms with van der Waals surface area (Å²) >= 11 is 3.07. The standard InChI is InChI=1S/C30H31NO6S2.C25H23NO4S2.C5H9BrO2/c1-5-37-30(32)23(4)31(39(35,36)26-17-12-22(3)13-18-26)29-19-14-24(27-8-6-7-9-28(27)29)20-38(33,34)25-15-10-21(2)11-16-25;1-18-7-12-21(13-8-18)31(27,28)17-20-11-16-25(24-6-4-3-5-23(20)24)26-32(29,30)22-14-9-19(2)10-15-22;1-3-8-5(7)4(2)6/h6-19,23H,5,20H2,1-4H3;3-16,26H,17H2,1-2H3;4H,3H2,1-2H3. The van der Waals surface area contributed by atoms with Crippen LogP contribution in [0.15, 0.2) is 189 Å². The van der Waals surface area contributed by atoms with Crippen LogP contribution < -0.4 is 9.03 Å². The van der Waals surface area contributed by atoms with E-state index in [0.717, 1.165) is 26.6 Å². The summed E-state index contributed by atoms with van der Waals surface area (Å²) in [6, 6.07) is 45.9. The van der Waals surface area contributed by atoms with E-state index in [-0.39, 0.29) is 54.2 Å². The third-order valence-electron chi connectivity index (χ3n) is 12.4. The molecule has 0 aliphatic carbocycles. The van der Waals surface area contributed by atoms with E-state index in [1.807, 2.05) is 33.8 Å². The summed E-state index contributed by atoms with van der Waals surface area (Å²) in [5, 5.41) is 2.40. The van der Waals surface area contributed by atoms with Crippen LogP contribution in [0, 0.1) is 27.7 Å². The van der Waals surface area contributed by atoms with Crippen LogP contribution >= 0.6 is 15.9 Å². The Kier molecular flexibility index (Phi) is 20.5. The third kappa shape index (κ3) is 15.5. The number of carbonyl (C=O) groups is 2. The topological polar surface area (TPSA) is 204 Å². The first-order valence-electron chi connectivity index (χ1n) is 25.1. The predicted octanol–water partition coefficient (Wildman–Crippen LogP) is 12.1. The Hall–Kier alpha value is -6.90. The van der Waals surface area contributed by atoms with Crippen molar-refractivity contribution >= 4 is 101 Å². The molecule has 0 spiro atoms. The Morgan fingerprint density at radius 3 is 1.25 bits per heavy atom. The zero-order valence-electron chi connectivity index (χ0n) is 45.0. The van der Waals surface area contributed by atoms with Gasteiger partial charge in [0.25, 0.3) is 20.0 Å². The lowest BCUT2D eigenvalue weighted by Gasteiger charge is -2.30. The molecule has 0 fully saturated rings. The lowest BCUT2D eigenvalue weighted by molar-refractivity contribution is -0.144. The number of fused-ring (bicyclic) bond motifs is 2. The molecule has 0 aliphatic heterocycles. The first-order chi connectivity index (χ1) is 37.3. The Morgan fingerprint density at radius 2 is 0.835 bits per heavy atom. The van der Waals surface area contributed by atoms with Crippen LogP contribution in [-0.4, -0.2) is 69.7 Å². The van der Waals surface area contributed by atoms with E-state index in [2.05, 4.69) is 25.4 Å². The van der Waals surface area contributed by atoms with Gasteiger partial charge < -0.3 is 9.47 Å². The Bertz CT molecular complexity index is 3800. The van der Waals surface area contributed by atoms with Crippen LogP contribution in [0.4, 0.5) is 11.4 Å². The number of hydrogen-bond acceptors (Lipinski definition) is 12. The minimum absolute atomic E-state index is 0.0272. The number of halogens is 1. The van der Waals surface area contributed by atoms with E-state index in [4.69, 9.17) is 4.74 Å². The number of anilines is 2. The van der Waals surface area contributed by atoms with E-state index >= 15 is 0 Å². The lowest BCUT2D eigenvalue weighted by Crippen LogP contribution is -2.44. The van der Waals surface area contributed by atoms with Crippen LogP contribution in [0.2, 0.25) is 0 Å². The molecular weight excluding hydrogens is 1150 g/mol. The average molecular weight is 1210 g/mol. The van der Waals surface area contributed by atoms with Gasteiger partial charge in [0.2, 0.25) is 0 Å². The van der Waals surface area contributed by atoms with Crippen molar-refractivity contribution in [3.05, 3.63) is 203 Å². The van der Waals surface area contributed by atoms with Gasteiger partial charge in [-0.3, -0.25) is 13.8 Å². The fourth-order valence-electron chi connectivity index (χ4n) is 8.21. The number of esters is 2. The molecule has 0 radical (unpaired) electrons. The van der Waals surface area contributed by atoms with E-state index in [1.165, 1.54) is 19.1 Å². The number of rotatable bonds is 17. The second-order valence-corrected chi connectivity index (χ2v) is 27.4. The van der Waals surface area contributed by atoms with Crippen LogP contribution in [-0.2, 0) is 70.3 Å². The van der Waals surface area contributed by atoms with E-state index in [1.54, 1.807) is 172 Å². The fourth-order valence-corrected chi connectivity index (χ4v) is 13.8. The minimum atomic E-state index is -4.21. The van der Waals surface area contributed by atoms with Crippen molar-refractivity contribution in [2.45, 2.75) is 97.3 Å². The molecule has 0 saturated heterocycles. The maximum Gasteiger partial charge on any atom is 0.329 e. The number of sulfonamides is 2. The van der Waals surface area contributed by atoms with Crippen LogP contribution in [0.1, 0.15) is 61.1 Å². The minimum Gasteiger partial charge on any atom is -0.465 e. The molecule has 0 heterocycles. The van der Waals surface area contributed by atoms with Gasteiger partial charge in [-0.15, -0.1) is 0 Å².